The molecular weight excluding hydrogens is 398 g/mol. The molecule has 4 amide bonds. The lowest BCUT2D eigenvalue weighted by atomic mass is 10.1. The van der Waals surface area contributed by atoms with Crippen molar-refractivity contribution in [1.29, 1.82) is 0 Å². The van der Waals surface area contributed by atoms with Crippen molar-refractivity contribution in [2.75, 3.05) is 6.54 Å². The molecule has 0 heterocycles. The number of amides is 4. The minimum absolute atomic E-state index is 0.0224. The zero-order valence-electron chi connectivity index (χ0n) is 16.3. The highest BCUT2D eigenvalue weighted by Crippen LogP contribution is 2.11. The van der Waals surface area contributed by atoms with Gasteiger partial charge in [-0.1, -0.05) is 12.1 Å². The van der Waals surface area contributed by atoms with E-state index in [0.717, 1.165) is 0 Å². The average Bonchev–Trinajstić information content (AvgIpc) is 2.66. The monoisotopic (exact) mass is 423 g/mol. The topological polar surface area (TPSA) is 214 Å². The normalized spacial score (nSPS) is 13.4. The van der Waals surface area contributed by atoms with Crippen LogP contribution in [0.25, 0.3) is 0 Å². The van der Waals surface area contributed by atoms with E-state index in [2.05, 4.69) is 16.0 Å². The summed E-state index contributed by atoms with van der Waals surface area (Å²) in [6, 6.07) is 2.30. The van der Waals surface area contributed by atoms with Crippen LogP contribution in [0.5, 0.6) is 5.75 Å². The molecule has 12 heteroatoms. The number of phenolic OH excluding ortho intramolecular Hbond substituents is 1. The first-order valence-electron chi connectivity index (χ1n) is 8.91. The summed E-state index contributed by atoms with van der Waals surface area (Å²) < 4.78 is 0. The first-order valence-corrected chi connectivity index (χ1v) is 8.91. The maximum Gasteiger partial charge on any atom is 0.326 e. The molecule has 3 unspecified atom stereocenters. The molecule has 0 saturated heterocycles. The van der Waals surface area contributed by atoms with Gasteiger partial charge in [-0.15, -0.1) is 0 Å². The molecule has 0 aliphatic rings. The van der Waals surface area contributed by atoms with E-state index >= 15 is 0 Å². The molecule has 0 spiro atoms. The zero-order valence-corrected chi connectivity index (χ0v) is 16.3. The summed E-state index contributed by atoms with van der Waals surface area (Å²) in [6.07, 6.45) is -0.417. The fourth-order valence-electron chi connectivity index (χ4n) is 2.33. The number of benzene rings is 1. The van der Waals surface area contributed by atoms with Crippen LogP contribution >= 0.6 is 0 Å². The first kappa shape index (κ1) is 24.4. The van der Waals surface area contributed by atoms with Gasteiger partial charge < -0.3 is 37.6 Å². The summed E-state index contributed by atoms with van der Waals surface area (Å²) in [6.45, 7) is 0.818. The maximum atomic E-state index is 12.0. The Kier molecular flexibility index (Phi) is 9.23. The lowest BCUT2D eigenvalue weighted by Gasteiger charge is -2.18. The van der Waals surface area contributed by atoms with E-state index in [9.17, 15) is 34.2 Å². The van der Waals surface area contributed by atoms with Crippen LogP contribution in [-0.4, -0.2) is 64.5 Å². The molecule has 0 fully saturated rings. The smallest absolute Gasteiger partial charge is 0.326 e. The van der Waals surface area contributed by atoms with Crippen molar-refractivity contribution in [2.24, 2.45) is 11.5 Å². The van der Waals surface area contributed by atoms with Crippen LogP contribution in [0, 0.1) is 0 Å². The van der Waals surface area contributed by atoms with Gasteiger partial charge >= 0.3 is 5.97 Å². The summed E-state index contributed by atoms with van der Waals surface area (Å²) >= 11 is 0. The van der Waals surface area contributed by atoms with Crippen LogP contribution in [0.4, 0.5) is 0 Å². The van der Waals surface area contributed by atoms with E-state index in [0.29, 0.717) is 5.56 Å². The van der Waals surface area contributed by atoms with Crippen LogP contribution < -0.4 is 27.4 Å². The number of carboxylic acids is 1. The summed E-state index contributed by atoms with van der Waals surface area (Å²) in [4.78, 5) is 57.9. The number of phenols is 1. The molecule has 0 aliphatic carbocycles. The van der Waals surface area contributed by atoms with Crippen molar-refractivity contribution in [3.05, 3.63) is 29.8 Å². The zero-order chi connectivity index (χ0) is 22.8. The fourth-order valence-corrected chi connectivity index (χ4v) is 2.33. The molecule has 0 bridgehead atoms. The van der Waals surface area contributed by atoms with Crippen molar-refractivity contribution in [3.8, 4) is 5.75 Å². The Morgan fingerprint density at radius 1 is 1.03 bits per heavy atom. The van der Waals surface area contributed by atoms with Gasteiger partial charge in [-0.2, -0.15) is 0 Å². The van der Waals surface area contributed by atoms with Crippen LogP contribution in [0.15, 0.2) is 24.3 Å². The summed E-state index contributed by atoms with van der Waals surface area (Å²) in [5.74, 6) is -4.25. The number of carboxylic acid groups (broad SMARTS) is 1. The SMILES string of the molecule is CC(NC(=O)C(N)CC(N)=O)C(=O)NCC(=O)NC(Cc1ccc(O)cc1)C(=O)O. The Balaban J connectivity index is 2.51. The number of primary amides is 1. The summed E-state index contributed by atoms with van der Waals surface area (Å²) in [5, 5.41) is 25.3. The first-order chi connectivity index (χ1) is 14.0. The number of nitrogens with two attached hydrogens (primary N) is 2. The molecule has 9 N–H and O–H groups in total. The number of aliphatic carboxylic acids is 1. The van der Waals surface area contributed by atoms with Crippen LogP contribution in [0.1, 0.15) is 18.9 Å². The largest absolute Gasteiger partial charge is 0.508 e. The Bertz CT molecular complexity index is 797. The molecule has 1 aromatic carbocycles. The number of carbonyl (C=O) groups excluding carboxylic acids is 4. The summed E-state index contributed by atoms with van der Waals surface area (Å²) in [5.41, 5.74) is 11.0. The number of nitrogens with one attached hydrogen (secondary N) is 3. The van der Waals surface area contributed by atoms with Gasteiger partial charge in [0, 0.05) is 6.42 Å². The lowest BCUT2D eigenvalue weighted by molar-refractivity contribution is -0.141. The number of hydrogen-bond donors (Lipinski definition) is 7. The van der Waals surface area contributed by atoms with Crippen molar-refractivity contribution >= 4 is 29.6 Å². The molecule has 1 aromatic rings. The average molecular weight is 423 g/mol. The Labute approximate surface area is 172 Å². The Hall–Kier alpha value is -3.67. The van der Waals surface area contributed by atoms with Crippen molar-refractivity contribution in [2.45, 2.75) is 37.9 Å². The molecule has 1 rings (SSSR count). The molecule has 12 nitrogen and oxygen atoms in total. The fraction of sp³-hybridized carbons (Fsp3) is 0.389. The van der Waals surface area contributed by atoms with E-state index in [1.807, 2.05) is 0 Å². The second-order valence-electron chi connectivity index (χ2n) is 6.55. The van der Waals surface area contributed by atoms with E-state index < -0.39 is 54.3 Å². The van der Waals surface area contributed by atoms with Crippen molar-refractivity contribution in [1.82, 2.24) is 16.0 Å². The molecule has 30 heavy (non-hydrogen) atoms. The van der Waals surface area contributed by atoms with E-state index in [-0.39, 0.29) is 18.6 Å². The van der Waals surface area contributed by atoms with Gasteiger partial charge in [0.25, 0.3) is 0 Å². The van der Waals surface area contributed by atoms with Gasteiger partial charge in [0.2, 0.25) is 23.6 Å². The molecule has 164 valence electrons. The molecule has 0 saturated carbocycles. The van der Waals surface area contributed by atoms with Crippen LogP contribution in [-0.2, 0) is 30.4 Å². The minimum atomic E-state index is -1.27. The minimum Gasteiger partial charge on any atom is -0.508 e. The van der Waals surface area contributed by atoms with E-state index in [1.54, 1.807) is 0 Å². The third kappa shape index (κ3) is 8.56. The maximum absolute atomic E-state index is 12.0. The Morgan fingerprint density at radius 3 is 2.17 bits per heavy atom. The third-order valence-corrected chi connectivity index (χ3v) is 3.94. The molecule has 0 aliphatic heterocycles. The van der Waals surface area contributed by atoms with Crippen LogP contribution in [0.2, 0.25) is 0 Å². The second-order valence-corrected chi connectivity index (χ2v) is 6.55. The highest BCUT2D eigenvalue weighted by atomic mass is 16.4. The van der Waals surface area contributed by atoms with Gasteiger partial charge in [0.1, 0.15) is 17.8 Å². The molecule has 0 aromatic heterocycles. The number of rotatable bonds is 11. The van der Waals surface area contributed by atoms with Gasteiger partial charge in [-0.3, -0.25) is 19.2 Å². The van der Waals surface area contributed by atoms with Crippen molar-refractivity contribution < 1.29 is 34.2 Å². The number of carbonyl (C=O) groups is 5. The molecule has 3 atom stereocenters. The van der Waals surface area contributed by atoms with E-state index in [1.165, 1.54) is 31.2 Å². The van der Waals surface area contributed by atoms with Gasteiger partial charge in [-0.25, -0.2) is 4.79 Å². The highest BCUT2D eigenvalue weighted by molar-refractivity contribution is 5.93. The quantitative estimate of drug-likeness (QED) is 0.199. The number of aromatic hydroxyl groups is 1. The van der Waals surface area contributed by atoms with Gasteiger partial charge in [-0.05, 0) is 24.6 Å². The predicted octanol–water partition coefficient (Wildman–Crippen LogP) is -2.67. The molecular formula is C18H25N5O7. The van der Waals surface area contributed by atoms with Crippen LogP contribution in [0.3, 0.4) is 0 Å². The highest BCUT2D eigenvalue weighted by Gasteiger charge is 2.23. The number of hydrogen-bond acceptors (Lipinski definition) is 7. The lowest BCUT2D eigenvalue weighted by Crippen LogP contribution is -2.53. The van der Waals surface area contributed by atoms with Gasteiger partial charge in [0.05, 0.1) is 19.0 Å². The van der Waals surface area contributed by atoms with Crippen molar-refractivity contribution in [3.63, 3.8) is 0 Å². The third-order valence-electron chi connectivity index (χ3n) is 3.94. The predicted molar refractivity (Wildman–Crippen MR) is 104 cm³/mol. The Morgan fingerprint density at radius 2 is 1.63 bits per heavy atom. The summed E-state index contributed by atoms with van der Waals surface area (Å²) in [7, 11) is 0. The van der Waals surface area contributed by atoms with Gasteiger partial charge in [0.15, 0.2) is 0 Å². The second kappa shape index (κ2) is 11.4. The standard InChI is InChI=1S/C18H25N5O7/c1-9(22-17(28)12(19)7-14(20)25)16(27)21-8-15(26)23-13(18(29)30)6-10-2-4-11(24)5-3-10/h2-5,9,12-13,24H,6-8,19H2,1H3,(H2,20,25)(H,21,27)(H,22,28)(H,23,26)(H,29,30). The molecule has 0 radical (unpaired) electrons. The van der Waals surface area contributed by atoms with E-state index in [4.69, 9.17) is 11.5 Å².